The second-order valence-electron chi connectivity index (χ2n) is 4.35. The topological polar surface area (TPSA) is 46.0 Å². The molecule has 1 N–H and O–H groups in total. The first-order valence-corrected chi connectivity index (χ1v) is 6.57. The highest BCUT2D eigenvalue weighted by molar-refractivity contribution is 7.10. The predicted octanol–water partition coefficient (Wildman–Crippen LogP) is 2.94. The smallest absolute Gasteiger partial charge is 0.0989 e. The van der Waals surface area contributed by atoms with Crippen LogP contribution in [0.4, 0.5) is 0 Å². The molecule has 2 aromatic heterocycles. The van der Waals surface area contributed by atoms with Crippen LogP contribution in [-0.2, 0) is 0 Å². The summed E-state index contributed by atoms with van der Waals surface area (Å²) in [7, 11) is 0. The van der Waals surface area contributed by atoms with Crippen LogP contribution in [0.2, 0.25) is 0 Å². The van der Waals surface area contributed by atoms with Crippen LogP contribution in [0.3, 0.4) is 0 Å². The molecule has 1 unspecified atom stereocenters. The van der Waals surface area contributed by atoms with E-state index in [0.717, 1.165) is 16.3 Å². The third-order valence-corrected chi connectivity index (χ3v) is 3.77. The van der Waals surface area contributed by atoms with Gasteiger partial charge < -0.3 is 5.11 Å². The summed E-state index contributed by atoms with van der Waals surface area (Å²) in [5.41, 5.74) is 1.97. The molecule has 17 heavy (non-hydrogen) atoms. The van der Waals surface area contributed by atoms with Crippen LogP contribution in [0.1, 0.15) is 24.8 Å². The third kappa shape index (κ3) is 2.70. The Balaban J connectivity index is 2.27. The van der Waals surface area contributed by atoms with E-state index in [0.29, 0.717) is 5.92 Å². The molecule has 0 saturated heterocycles. The van der Waals surface area contributed by atoms with Crippen molar-refractivity contribution in [3.05, 3.63) is 34.9 Å². The number of nitrogens with zero attached hydrogens (tertiary/aromatic N) is 2. The van der Waals surface area contributed by atoms with Crippen molar-refractivity contribution in [3.8, 4) is 11.3 Å². The number of rotatable bonds is 4. The maximum Gasteiger partial charge on any atom is 0.0989 e. The zero-order valence-electron chi connectivity index (χ0n) is 10.00. The Morgan fingerprint density at radius 1 is 1.41 bits per heavy atom. The molecular weight excluding hydrogens is 232 g/mol. The van der Waals surface area contributed by atoms with Crippen molar-refractivity contribution in [3.63, 3.8) is 0 Å². The lowest BCUT2D eigenvalue weighted by Gasteiger charge is -2.14. The number of thiazole rings is 1. The predicted molar refractivity (Wildman–Crippen MR) is 70.0 cm³/mol. The summed E-state index contributed by atoms with van der Waals surface area (Å²) < 4.78 is 0. The number of hydrogen-bond acceptors (Lipinski definition) is 4. The van der Waals surface area contributed by atoms with Crippen LogP contribution in [0, 0.1) is 5.92 Å². The number of aliphatic hydroxyl groups is 1. The molecule has 90 valence electrons. The minimum Gasteiger partial charge on any atom is -0.396 e. The SMILES string of the molecule is CC(C)C(CO)c1nc(-c2cccnc2)cs1. The van der Waals surface area contributed by atoms with Gasteiger partial charge in [-0.1, -0.05) is 13.8 Å². The standard InChI is InChI=1S/C13H16N2OS/c1-9(2)11(7-16)13-15-12(8-17-13)10-4-3-5-14-6-10/h3-6,8-9,11,16H,7H2,1-2H3. The summed E-state index contributed by atoms with van der Waals surface area (Å²) in [4.78, 5) is 8.68. The molecule has 3 nitrogen and oxygen atoms in total. The lowest BCUT2D eigenvalue weighted by atomic mass is 9.98. The van der Waals surface area contributed by atoms with Crippen LogP contribution in [-0.4, -0.2) is 21.7 Å². The van der Waals surface area contributed by atoms with Crippen molar-refractivity contribution in [1.82, 2.24) is 9.97 Å². The lowest BCUT2D eigenvalue weighted by molar-refractivity contribution is 0.237. The van der Waals surface area contributed by atoms with E-state index >= 15 is 0 Å². The van der Waals surface area contributed by atoms with Crippen LogP contribution in [0.5, 0.6) is 0 Å². The van der Waals surface area contributed by atoms with E-state index in [1.165, 1.54) is 0 Å². The van der Waals surface area contributed by atoms with Gasteiger partial charge in [-0.2, -0.15) is 0 Å². The van der Waals surface area contributed by atoms with E-state index in [1.807, 2.05) is 23.7 Å². The van der Waals surface area contributed by atoms with Gasteiger partial charge in [-0.3, -0.25) is 4.98 Å². The first-order valence-electron chi connectivity index (χ1n) is 5.69. The van der Waals surface area contributed by atoms with Crippen LogP contribution in [0.15, 0.2) is 29.9 Å². The molecule has 4 heteroatoms. The molecule has 0 aliphatic carbocycles. The molecule has 0 aromatic carbocycles. The van der Waals surface area contributed by atoms with Gasteiger partial charge in [-0.25, -0.2) is 4.98 Å². The van der Waals surface area contributed by atoms with E-state index < -0.39 is 0 Å². The van der Waals surface area contributed by atoms with Gasteiger partial charge in [0.2, 0.25) is 0 Å². The fourth-order valence-corrected chi connectivity index (χ4v) is 2.77. The summed E-state index contributed by atoms with van der Waals surface area (Å²) in [6.45, 7) is 4.36. The van der Waals surface area contributed by atoms with Crippen molar-refractivity contribution in [1.29, 1.82) is 0 Å². The summed E-state index contributed by atoms with van der Waals surface area (Å²) in [6.07, 6.45) is 3.56. The van der Waals surface area contributed by atoms with Gasteiger partial charge in [0.1, 0.15) is 0 Å². The van der Waals surface area contributed by atoms with Gasteiger partial charge in [0.15, 0.2) is 0 Å². The molecule has 0 aliphatic heterocycles. The van der Waals surface area contributed by atoms with E-state index in [9.17, 15) is 5.11 Å². The Hall–Kier alpha value is -1.26. The fraction of sp³-hybridized carbons (Fsp3) is 0.385. The summed E-state index contributed by atoms with van der Waals surface area (Å²) in [5.74, 6) is 0.526. The lowest BCUT2D eigenvalue weighted by Crippen LogP contribution is -2.10. The van der Waals surface area contributed by atoms with E-state index in [-0.39, 0.29) is 12.5 Å². The van der Waals surface area contributed by atoms with Crippen molar-refractivity contribution < 1.29 is 5.11 Å². The van der Waals surface area contributed by atoms with Crippen molar-refractivity contribution in [2.24, 2.45) is 5.92 Å². The second kappa shape index (κ2) is 5.38. The molecule has 1 atom stereocenters. The van der Waals surface area contributed by atoms with E-state index in [4.69, 9.17) is 0 Å². The largest absolute Gasteiger partial charge is 0.396 e. The zero-order chi connectivity index (χ0) is 12.3. The maximum atomic E-state index is 9.38. The van der Waals surface area contributed by atoms with Gasteiger partial charge in [0, 0.05) is 29.3 Å². The Labute approximate surface area is 105 Å². The molecule has 2 rings (SSSR count). The molecule has 0 radical (unpaired) electrons. The van der Waals surface area contributed by atoms with E-state index in [2.05, 4.69) is 23.8 Å². The summed E-state index contributed by atoms with van der Waals surface area (Å²) in [6, 6.07) is 3.90. The first kappa shape index (κ1) is 12.2. The van der Waals surface area contributed by atoms with Gasteiger partial charge in [-0.15, -0.1) is 11.3 Å². The monoisotopic (exact) mass is 248 g/mol. The van der Waals surface area contributed by atoms with Crippen molar-refractivity contribution in [2.75, 3.05) is 6.61 Å². The minimum absolute atomic E-state index is 0.130. The molecule has 0 spiro atoms. The number of aromatic nitrogens is 2. The minimum atomic E-state index is 0.130. The van der Waals surface area contributed by atoms with Crippen molar-refractivity contribution in [2.45, 2.75) is 19.8 Å². The molecule has 0 bridgehead atoms. The number of pyridine rings is 1. The average molecular weight is 248 g/mol. The molecule has 2 aromatic rings. The molecule has 2 heterocycles. The Morgan fingerprint density at radius 2 is 2.24 bits per heavy atom. The first-order chi connectivity index (χ1) is 8.22. The Kier molecular flexibility index (Phi) is 3.86. The zero-order valence-corrected chi connectivity index (χ0v) is 10.8. The quantitative estimate of drug-likeness (QED) is 0.905. The number of aliphatic hydroxyl groups excluding tert-OH is 1. The van der Waals surface area contributed by atoms with Crippen molar-refractivity contribution >= 4 is 11.3 Å². The molecular formula is C13H16N2OS. The highest BCUT2D eigenvalue weighted by atomic mass is 32.1. The molecule has 0 aliphatic rings. The van der Waals surface area contributed by atoms with Gasteiger partial charge in [-0.05, 0) is 18.1 Å². The highest BCUT2D eigenvalue weighted by Gasteiger charge is 2.18. The van der Waals surface area contributed by atoms with Gasteiger partial charge >= 0.3 is 0 Å². The van der Waals surface area contributed by atoms with Gasteiger partial charge in [0.05, 0.1) is 17.3 Å². The Morgan fingerprint density at radius 3 is 2.82 bits per heavy atom. The number of hydrogen-bond donors (Lipinski definition) is 1. The normalized spacial score (nSPS) is 12.9. The van der Waals surface area contributed by atoms with Crippen LogP contribution in [0.25, 0.3) is 11.3 Å². The summed E-state index contributed by atoms with van der Waals surface area (Å²) in [5, 5.41) is 12.4. The fourth-order valence-electron chi connectivity index (χ4n) is 1.68. The van der Waals surface area contributed by atoms with Gasteiger partial charge in [0.25, 0.3) is 0 Å². The second-order valence-corrected chi connectivity index (χ2v) is 5.24. The van der Waals surface area contributed by atoms with E-state index in [1.54, 1.807) is 17.5 Å². The Bertz CT molecular complexity index is 467. The maximum absolute atomic E-state index is 9.38. The van der Waals surface area contributed by atoms with Crippen LogP contribution < -0.4 is 0 Å². The highest BCUT2D eigenvalue weighted by Crippen LogP contribution is 2.29. The average Bonchev–Trinajstić information content (AvgIpc) is 2.80. The van der Waals surface area contributed by atoms with Crippen LogP contribution >= 0.6 is 11.3 Å². The molecule has 0 amide bonds. The molecule has 0 saturated carbocycles. The summed E-state index contributed by atoms with van der Waals surface area (Å²) >= 11 is 1.61. The third-order valence-electron chi connectivity index (χ3n) is 2.80. The molecule has 0 fully saturated rings.